The van der Waals surface area contributed by atoms with Gasteiger partial charge in [0.05, 0.1) is 5.56 Å². The third-order valence-electron chi connectivity index (χ3n) is 5.10. The molecule has 1 fully saturated rings. The van der Waals surface area contributed by atoms with Crippen LogP contribution >= 0.6 is 0 Å². The first-order valence-corrected chi connectivity index (χ1v) is 10.8. The number of benzene rings is 1. The minimum atomic E-state index is -3.43. The van der Waals surface area contributed by atoms with E-state index in [0.29, 0.717) is 43.9 Å². The van der Waals surface area contributed by atoms with Crippen LogP contribution in [0.2, 0.25) is 0 Å². The number of aromatic hydroxyl groups is 1. The summed E-state index contributed by atoms with van der Waals surface area (Å²) in [6, 6.07) is 4.92. The van der Waals surface area contributed by atoms with Gasteiger partial charge in [0.15, 0.2) is 0 Å². The van der Waals surface area contributed by atoms with Crippen molar-refractivity contribution < 1.29 is 17.9 Å². The van der Waals surface area contributed by atoms with Crippen molar-refractivity contribution in [1.29, 1.82) is 0 Å². The molecular formula is C19H27N3O5S. The van der Waals surface area contributed by atoms with Gasteiger partial charge in [-0.2, -0.15) is 17.0 Å². The number of phenols is 1. The quantitative estimate of drug-likeness (QED) is 0.725. The van der Waals surface area contributed by atoms with Gasteiger partial charge in [-0.3, -0.25) is 4.90 Å². The minimum Gasteiger partial charge on any atom is -0.507 e. The van der Waals surface area contributed by atoms with Gasteiger partial charge in [0.2, 0.25) is 0 Å². The van der Waals surface area contributed by atoms with E-state index in [2.05, 4.69) is 4.90 Å². The summed E-state index contributed by atoms with van der Waals surface area (Å²) < 4.78 is 32.6. The maximum absolute atomic E-state index is 12.3. The molecule has 2 aromatic rings. The first-order chi connectivity index (χ1) is 13.2. The highest BCUT2D eigenvalue weighted by Crippen LogP contribution is 2.30. The molecule has 9 heteroatoms. The number of hydrogen-bond acceptors (Lipinski definition) is 6. The molecular weight excluding hydrogens is 382 g/mol. The molecule has 1 aliphatic rings. The number of rotatable bonds is 6. The average molecular weight is 410 g/mol. The average Bonchev–Trinajstić information content (AvgIpc) is 2.64. The van der Waals surface area contributed by atoms with Gasteiger partial charge in [0.1, 0.15) is 11.3 Å². The van der Waals surface area contributed by atoms with Crippen molar-refractivity contribution in [3.63, 3.8) is 0 Å². The number of piperazine rings is 1. The standard InChI is InChI=1S/C19H27N3O5S/c1-4-5-14-12-18(24)27-19-15(14)6-7-17(23)16(19)13-21-8-10-22(11-9-21)28(25,26)20(2)3/h6-7,12,23H,4-5,8-11,13H2,1-3H3. The Balaban J connectivity index is 1.86. The lowest BCUT2D eigenvalue weighted by Gasteiger charge is -2.35. The molecule has 8 nitrogen and oxygen atoms in total. The molecule has 0 saturated carbocycles. The van der Waals surface area contributed by atoms with Crippen molar-refractivity contribution in [3.8, 4) is 5.75 Å². The van der Waals surface area contributed by atoms with Gasteiger partial charge in [-0.25, -0.2) is 4.79 Å². The lowest BCUT2D eigenvalue weighted by molar-refractivity contribution is 0.176. The monoisotopic (exact) mass is 409 g/mol. The molecule has 0 amide bonds. The molecule has 0 bridgehead atoms. The Hall–Kier alpha value is -1.94. The van der Waals surface area contributed by atoms with Crippen molar-refractivity contribution in [2.45, 2.75) is 26.3 Å². The van der Waals surface area contributed by atoms with Gasteiger partial charge in [0.25, 0.3) is 10.2 Å². The van der Waals surface area contributed by atoms with Gasteiger partial charge in [-0.1, -0.05) is 13.3 Å². The molecule has 28 heavy (non-hydrogen) atoms. The Bertz CT molecular complexity index is 1010. The van der Waals surface area contributed by atoms with Crippen LogP contribution in [-0.2, 0) is 23.2 Å². The summed E-state index contributed by atoms with van der Waals surface area (Å²) in [6.07, 6.45) is 1.66. The van der Waals surface area contributed by atoms with E-state index in [-0.39, 0.29) is 5.75 Å². The van der Waals surface area contributed by atoms with E-state index < -0.39 is 15.8 Å². The van der Waals surface area contributed by atoms with Crippen LogP contribution in [0.15, 0.2) is 27.4 Å². The van der Waals surface area contributed by atoms with Crippen LogP contribution in [0.5, 0.6) is 5.75 Å². The summed E-state index contributed by atoms with van der Waals surface area (Å²) in [4.78, 5) is 14.1. The fourth-order valence-corrected chi connectivity index (χ4v) is 4.63. The molecule has 1 aliphatic heterocycles. The SMILES string of the molecule is CCCc1cc(=O)oc2c(CN3CCN(S(=O)(=O)N(C)C)CC3)c(O)ccc12. The van der Waals surface area contributed by atoms with Gasteiger partial charge in [-0.05, 0) is 24.1 Å². The maximum atomic E-state index is 12.3. The molecule has 1 aromatic heterocycles. The van der Waals surface area contributed by atoms with Crippen LogP contribution in [0.1, 0.15) is 24.5 Å². The van der Waals surface area contributed by atoms with Crippen molar-refractivity contribution in [2.24, 2.45) is 0 Å². The summed E-state index contributed by atoms with van der Waals surface area (Å²) in [5.41, 5.74) is 1.47. The van der Waals surface area contributed by atoms with E-state index in [9.17, 15) is 18.3 Å². The lowest BCUT2D eigenvalue weighted by Crippen LogP contribution is -2.51. The highest BCUT2D eigenvalue weighted by atomic mass is 32.2. The molecule has 0 aliphatic carbocycles. The molecule has 1 N–H and O–H groups in total. The van der Waals surface area contributed by atoms with E-state index in [0.717, 1.165) is 23.8 Å². The summed E-state index contributed by atoms with van der Waals surface area (Å²) in [5.74, 6) is 0.0765. The Morgan fingerprint density at radius 1 is 1.18 bits per heavy atom. The predicted molar refractivity (Wildman–Crippen MR) is 108 cm³/mol. The van der Waals surface area contributed by atoms with E-state index >= 15 is 0 Å². The fourth-order valence-electron chi connectivity index (χ4n) is 3.54. The van der Waals surface area contributed by atoms with Gasteiger partial charge in [0, 0.05) is 58.3 Å². The first kappa shape index (κ1) is 20.8. The van der Waals surface area contributed by atoms with E-state index in [4.69, 9.17) is 4.42 Å². The van der Waals surface area contributed by atoms with Crippen molar-refractivity contribution in [2.75, 3.05) is 40.3 Å². The first-order valence-electron chi connectivity index (χ1n) is 9.41. The van der Waals surface area contributed by atoms with Crippen LogP contribution in [0.4, 0.5) is 0 Å². The third kappa shape index (κ3) is 4.07. The number of fused-ring (bicyclic) bond motifs is 1. The van der Waals surface area contributed by atoms with Crippen LogP contribution < -0.4 is 5.63 Å². The van der Waals surface area contributed by atoms with E-state index in [1.807, 2.05) is 6.92 Å². The molecule has 0 unspecified atom stereocenters. The zero-order chi connectivity index (χ0) is 20.5. The Kier molecular flexibility index (Phi) is 6.09. The normalized spacial score (nSPS) is 16.9. The van der Waals surface area contributed by atoms with Crippen LogP contribution in [0.3, 0.4) is 0 Å². The van der Waals surface area contributed by atoms with Gasteiger partial charge in [-0.15, -0.1) is 0 Å². The van der Waals surface area contributed by atoms with E-state index in [1.165, 1.54) is 28.8 Å². The molecule has 1 aromatic carbocycles. The fraction of sp³-hybridized carbons (Fsp3) is 0.526. The second-order valence-electron chi connectivity index (χ2n) is 7.25. The lowest BCUT2D eigenvalue weighted by atomic mass is 10.0. The number of aryl methyl sites for hydroxylation is 1. The summed E-state index contributed by atoms with van der Waals surface area (Å²) in [7, 11) is -0.387. The zero-order valence-corrected chi connectivity index (χ0v) is 17.3. The summed E-state index contributed by atoms with van der Waals surface area (Å²) >= 11 is 0. The molecule has 0 atom stereocenters. The number of phenolic OH excluding ortho intramolecular Hbond substituents is 1. The predicted octanol–water partition coefficient (Wildman–Crippen LogP) is 1.38. The van der Waals surface area contributed by atoms with Crippen LogP contribution in [-0.4, -0.2) is 67.3 Å². The molecule has 0 spiro atoms. The van der Waals surface area contributed by atoms with Gasteiger partial charge < -0.3 is 9.52 Å². The van der Waals surface area contributed by atoms with E-state index in [1.54, 1.807) is 12.1 Å². The maximum Gasteiger partial charge on any atom is 0.336 e. The molecule has 1 saturated heterocycles. The highest BCUT2D eigenvalue weighted by molar-refractivity contribution is 7.86. The van der Waals surface area contributed by atoms with Crippen LogP contribution in [0, 0.1) is 0 Å². The number of hydrogen-bond donors (Lipinski definition) is 1. The highest BCUT2D eigenvalue weighted by Gasteiger charge is 2.29. The number of nitrogens with zero attached hydrogens (tertiary/aromatic N) is 3. The summed E-state index contributed by atoms with van der Waals surface area (Å²) in [5, 5.41) is 11.2. The smallest absolute Gasteiger partial charge is 0.336 e. The Labute approximate surface area is 165 Å². The van der Waals surface area contributed by atoms with Gasteiger partial charge >= 0.3 is 5.63 Å². The zero-order valence-electron chi connectivity index (χ0n) is 16.5. The molecule has 2 heterocycles. The minimum absolute atomic E-state index is 0.0765. The second kappa shape index (κ2) is 8.20. The van der Waals surface area contributed by atoms with Crippen molar-refractivity contribution in [1.82, 2.24) is 13.5 Å². The third-order valence-corrected chi connectivity index (χ3v) is 7.04. The molecule has 0 radical (unpaired) electrons. The topological polar surface area (TPSA) is 94.3 Å². The largest absolute Gasteiger partial charge is 0.507 e. The molecule has 3 rings (SSSR count). The summed E-state index contributed by atoms with van der Waals surface area (Å²) in [6.45, 7) is 4.23. The molecule has 154 valence electrons. The Morgan fingerprint density at radius 2 is 1.86 bits per heavy atom. The second-order valence-corrected chi connectivity index (χ2v) is 9.39. The Morgan fingerprint density at radius 3 is 2.46 bits per heavy atom. The van der Waals surface area contributed by atoms with Crippen molar-refractivity contribution >= 4 is 21.2 Å². The van der Waals surface area contributed by atoms with Crippen LogP contribution in [0.25, 0.3) is 11.0 Å². The van der Waals surface area contributed by atoms with Crippen molar-refractivity contribution in [3.05, 3.63) is 39.7 Å².